The van der Waals surface area contributed by atoms with Gasteiger partial charge in [0.1, 0.15) is 29.6 Å². The van der Waals surface area contributed by atoms with E-state index in [-0.39, 0.29) is 12.2 Å². The summed E-state index contributed by atoms with van der Waals surface area (Å²) in [6.07, 6.45) is 3.36. The number of ether oxygens (including phenoxy) is 5. The van der Waals surface area contributed by atoms with E-state index < -0.39 is 12.0 Å². The van der Waals surface area contributed by atoms with Crippen LogP contribution in [0.5, 0.6) is 23.0 Å². The van der Waals surface area contributed by atoms with Gasteiger partial charge in [0, 0.05) is 12.1 Å². The maximum absolute atomic E-state index is 13.9. The summed E-state index contributed by atoms with van der Waals surface area (Å²) in [4.78, 5) is 32.1. The van der Waals surface area contributed by atoms with E-state index in [1.807, 2.05) is 12.1 Å². The molecule has 1 unspecified atom stereocenters. The van der Waals surface area contributed by atoms with E-state index >= 15 is 0 Å². The number of nitrogens with zero attached hydrogens (tertiary/aromatic N) is 2. The van der Waals surface area contributed by atoms with Crippen molar-refractivity contribution in [2.24, 2.45) is 4.99 Å². The average Bonchev–Trinajstić information content (AvgIpc) is 3.25. The van der Waals surface area contributed by atoms with Gasteiger partial charge in [-0.3, -0.25) is 9.36 Å². The molecule has 0 amide bonds. The zero-order valence-electron chi connectivity index (χ0n) is 22.5. The topological polar surface area (TPSA) is 97.6 Å². The van der Waals surface area contributed by atoms with Gasteiger partial charge in [0.05, 0.1) is 55.3 Å². The predicted molar refractivity (Wildman–Crippen MR) is 149 cm³/mol. The Morgan fingerprint density at radius 3 is 2.31 bits per heavy atom. The molecule has 204 valence electrons. The van der Waals surface area contributed by atoms with Gasteiger partial charge >= 0.3 is 5.97 Å². The molecular formula is C29H30N2O7S. The SMILES string of the molecule is C=CCOc1ccc(C2C(C(=O)OCC)=C(C)N=c3s/c(=C/c4c(OC)cc(OC)cc4OC)c(=O)n32)cc1. The van der Waals surface area contributed by atoms with E-state index in [1.165, 1.54) is 30.1 Å². The first-order valence-electron chi connectivity index (χ1n) is 12.2. The van der Waals surface area contributed by atoms with E-state index in [9.17, 15) is 9.59 Å². The summed E-state index contributed by atoms with van der Waals surface area (Å²) < 4.78 is 29.4. The molecule has 1 aromatic heterocycles. The van der Waals surface area contributed by atoms with E-state index in [4.69, 9.17) is 23.7 Å². The molecule has 2 heterocycles. The van der Waals surface area contributed by atoms with Crippen molar-refractivity contribution in [3.63, 3.8) is 0 Å². The Morgan fingerprint density at radius 2 is 1.74 bits per heavy atom. The molecule has 39 heavy (non-hydrogen) atoms. The molecule has 0 radical (unpaired) electrons. The van der Waals surface area contributed by atoms with E-state index in [2.05, 4.69) is 11.6 Å². The van der Waals surface area contributed by atoms with Crippen LogP contribution in [0.3, 0.4) is 0 Å². The van der Waals surface area contributed by atoms with Gasteiger partial charge < -0.3 is 23.7 Å². The molecule has 10 heteroatoms. The molecule has 0 saturated carbocycles. The third-order valence-corrected chi connectivity index (χ3v) is 7.09. The summed E-state index contributed by atoms with van der Waals surface area (Å²) in [5.41, 5.74) is 1.76. The highest BCUT2D eigenvalue weighted by atomic mass is 32.1. The second-order valence-corrected chi connectivity index (χ2v) is 9.43. The van der Waals surface area contributed by atoms with Gasteiger partial charge in [-0.2, -0.15) is 0 Å². The minimum Gasteiger partial charge on any atom is -0.496 e. The lowest BCUT2D eigenvalue weighted by Gasteiger charge is -2.24. The number of methoxy groups -OCH3 is 3. The van der Waals surface area contributed by atoms with Crippen LogP contribution in [-0.4, -0.2) is 45.1 Å². The van der Waals surface area contributed by atoms with Crippen molar-refractivity contribution in [3.8, 4) is 23.0 Å². The normalized spacial score (nSPS) is 14.8. The summed E-state index contributed by atoms with van der Waals surface area (Å²) in [5.74, 6) is 1.63. The van der Waals surface area contributed by atoms with Crippen LogP contribution in [0.25, 0.3) is 6.08 Å². The monoisotopic (exact) mass is 550 g/mol. The predicted octanol–water partition coefficient (Wildman–Crippen LogP) is 3.39. The van der Waals surface area contributed by atoms with Gasteiger partial charge in [-0.1, -0.05) is 36.1 Å². The van der Waals surface area contributed by atoms with Gasteiger partial charge in [-0.05, 0) is 37.6 Å². The van der Waals surface area contributed by atoms with Crippen molar-refractivity contribution in [1.29, 1.82) is 0 Å². The molecule has 0 saturated heterocycles. The Bertz CT molecular complexity index is 1570. The van der Waals surface area contributed by atoms with E-state index in [0.29, 0.717) is 61.3 Å². The molecule has 2 aromatic carbocycles. The summed E-state index contributed by atoms with van der Waals surface area (Å²) in [5, 5.41) is 0. The number of thiazole rings is 1. The van der Waals surface area contributed by atoms with Gasteiger partial charge in [0.15, 0.2) is 4.80 Å². The molecule has 0 fully saturated rings. The maximum Gasteiger partial charge on any atom is 0.338 e. The smallest absolute Gasteiger partial charge is 0.338 e. The van der Waals surface area contributed by atoms with Gasteiger partial charge in [-0.15, -0.1) is 0 Å². The van der Waals surface area contributed by atoms with Gasteiger partial charge in [0.2, 0.25) is 0 Å². The Hall–Kier alpha value is -4.31. The minimum atomic E-state index is -0.740. The minimum absolute atomic E-state index is 0.193. The maximum atomic E-state index is 13.9. The van der Waals surface area contributed by atoms with Crippen molar-refractivity contribution in [2.75, 3.05) is 34.5 Å². The lowest BCUT2D eigenvalue weighted by Crippen LogP contribution is -2.39. The molecule has 4 rings (SSSR count). The number of benzene rings is 2. The van der Waals surface area contributed by atoms with Crippen LogP contribution in [0, 0.1) is 0 Å². The number of carbonyl (C=O) groups is 1. The first-order valence-corrected chi connectivity index (χ1v) is 13.0. The number of hydrogen-bond donors (Lipinski definition) is 0. The highest BCUT2D eigenvalue weighted by Gasteiger charge is 2.33. The number of fused-ring (bicyclic) bond motifs is 1. The number of allylic oxidation sites excluding steroid dienone is 1. The Morgan fingerprint density at radius 1 is 1.08 bits per heavy atom. The summed E-state index contributed by atoms with van der Waals surface area (Å²) in [6, 6.07) is 9.93. The fourth-order valence-electron chi connectivity index (χ4n) is 4.31. The molecule has 0 bridgehead atoms. The molecule has 0 aliphatic carbocycles. The summed E-state index contributed by atoms with van der Waals surface area (Å²) >= 11 is 1.21. The van der Waals surface area contributed by atoms with Crippen molar-refractivity contribution >= 4 is 23.4 Å². The number of rotatable bonds is 10. The van der Waals surface area contributed by atoms with Crippen molar-refractivity contribution in [1.82, 2.24) is 4.57 Å². The lowest BCUT2D eigenvalue weighted by atomic mass is 9.96. The first kappa shape index (κ1) is 27.7. The molecule has 0 spiro atoms. The number of carbonyl (C=O) groups excluding carboxylic acids is 1. The largest absolute Gasteiger partial charge is 0.496 e. The fraction of sp³-hybridized carbons (Fsp3) is 0.276. The average molecular weight is 551 g/mol. The zero-order chi connectivity index (χ0) is 28.1. The van der Waals surface area contributed by atoms with Crippen LogP contribution in [-0.2, 0) is 9.53 Å². The first-order chi connectivity index (χ1) is 18.9. The number of aromatic nitrogens is 1. The van der Waals surface area contributed by atoms with Crippen LogP contribution < -0.4 is 33.8 Å². The second-order valence-electron chi connectivity index (χ2n) is 8.42. The molecule has 1 atom stereocenters. The van der Waals surface area contributed by atoms with Crippen LogP contribution in [0.4, 0.5) is 0 Å². The number of esters is 1. The van der Waals surface area contributed by atoms with Crippen molar-refractivity contribution in [3.05, 3.63) is 91.1 Å². The quantitative estimate of drug-likeness (QED) is 0.282. The van der Waals surface area contributed by atoms with Gasteiger partial charge in [0.25, 0.3) is 5.56 Å². The highest BCUT2D eigenvalue weighted by Crippen LogP contribution is 2.35. The Labute approximate surface area is 229 Å². The lowest BCUT2D eigenvalue weighted by molar-refractivity contribution is -0.139. The zero-order valence-corrected chi connectivity index (χ0v) is 23.3. The molecule has 9 nitrogen and oxygen atoms in total. The van der Waals surface area contributed by atoms with Crippen LogP contribution in [0.15, 0.2) is 70.1 Å². The van der Waals surface area contributed by atoms with E-state index in [0.717, 1.165) is 0 Å². The molecule has 0 N–H and O–H groups in total. The van der Waals surface area contributed by atoms with Crippen molar-refractivity contribution < 1.29 is 28.5 Å². The van der Waals surface area contributed by atoms with E-state index in [1.54, 1.807) is 57.4 Å². The van der Waals surface area contributed by atoms with Crippen LogP contribution in [0.1, 0.15) is 31.0 Å². The van der Waals surface area contributed by atoms with Crippen LogP contribution >= 0.6 is 11.3 Å². The molecule has 1 aliphatic rings. The fourth-order valence-corrected chi connectivity index (χ4v) is 5.34. The number of hydrogen-bond acceptors (Lipinski definition) is 9. The van der Waals surface area contributed by atoms with Gasteiger partial charge in [-0.25, -0.2) is 9.79 Å². The third-order valence-electron chi connectivity index (χ3n) is 6.11. The van der Waals surface area contributed by atoms with Crippen molar-refractivity contribution in [2.45, 2.75) is 19.9 Å². The highest BCUT2D eigenvalue weighted by molar-refractivity contribution is 7.07. The standard InChI is InChI=1S/C29H30N2O7S/c1-7-13-38-19-11-9-18(10-12-19)26-25(28(33)37-8-2)17(3)30-29-31(26)27(32)24(39-29)16-21-22(35-5)14-20(34-4)15-23(21)36-6/h7,9-12,14-16,26H,1,8,13H2,2-6H3/b24-16+. The molecular weight excluding hydrogens is 520 g/mol. The Balaban J connectivity index is 1.93. The second kappa shape index (κ2) is 12.0. The Kier molecular flexibility index (Phi) is 8.55. The molecule has 3 aromatic rings. The van der Waals surface area contributed by atoms with Crippen LogP contribution in [0.2, 0.25) is 0 Å². The summed E-state index contributed by atoms with van der Waals surface area (Å²) in [7, 11) is 4.61. The third kappa shape index (κ3) is 5.46. The molecule has 1 aliphatic heterocycles. The summed E-state index contributed by atoms with van der Waals surface area (Å²) in [6.45, 7) is 7.70.